The van der Waals surface area contributed by atoms with Crippen LogP contribution in [0.5, 0.6) is 0 Å². The van der Waals surface area contributed by atoms with Crippen molar-refractivity contribution in [3.63, 3.8) is 0 Å². The van der Waals surface area contributed by atoms with Crippen LogP contribution < -0.4 is 0 Å². The maximum Gasteiger partial charge on any atom is 0.460 e. The number of halogens is 13. The lowest BCUT2D eigenvalue weighted by atomic mass is 9.86. The van der Waals surface area contributed by atoms with Crippen LogP contribution in [0.1, 0.15) is 12.8 Å². The molecule has 0 spiro atoms. The van der Waals surface area contributed by atoms with E-state index in [-0.39, 0.29) is 0 Å². The number of hydrogen-bond donors (Lipinski definition) is 0. The first-order chi connectivity index (χ1) is 9.81. The summed E-state index contributed by atoms with van der Waals surface area (Å²) in [6.07, 6.45) is -12.6. The summed E-state index contributed by atoms with van der Waals surface area (Å²) in [5.74, 6) is -31.2. The molecule has 0 amide bonds. The predicted octanol–water partition coefficient (Wildman–Crippen LogP) is 5.45. The van der Waals surface area contributed by atoms with Gasteiger partial charge in [-0.2, -0.15) is 57.1 Å². The Balaban J connectivity index is 3.40. The zero-order valence-corrected chi connectivity index (χ0v) is 10.4. The van der Waals surface area contributed by atoms with Crippen molar-refractivity contribution >= 4 is 0 Å². The van der Waals surface area contributed by atoms with E-state index in [9.17, 15) is 57.1 Å². The Bertz CT molecular complexity index is 495. The third kappa shape index (κ3) is 2.75. The van der Waals surface area contributed by atoms with E-state index in [0.717, 1.165) is 0 Å². The van der Waals surface area contributed by atoms with Crippen molar-refractivity contribution in [2.45, 2.75) is 48.6 Å². The zero-order chi connectivity index (χ0) is 18.7. The van der Waals surface area contributed by atoms with Crippen molar-refractivity contribution in [3.05, 3.63) is 11.6 Å². The molecule has 0 aliphatic heterocycles. The molecule has 0 N–H and O–H groups in total. The minimum absolute atomic E-state index is 1.39. The summed E-state index contributed by atoms with van der Waals surface area (Å²) < 4.78 is 165. The smallest absolute Gasteiger partial charge is 0.200 e. The summed E-state index contributed by atoms with van der Waals surface area (Å²) in [6.45, 7) is 0. The topological polar surface area (TPSA) is 0 Å². The van der Waals surface area contributed by atoms with Crippen LogP contribution in [-0.4, -0.2) is 35.8 Å². The van der Waals surface area contributed by atoms with Gasteiger partial charge in [-0.1, -0.05) is 0 Å². The second-order valence-electron chi connectivity index (χ2n) is 4.72. The van der Waals surface area contributed by atoms with E-state index in [4.69, 9.17) is 0 Å². The summed E-state index contributed by atoms with van der Waals surface area (Å²) in [5, 5.41) is 0. The summed E-state index contributed by atoms with van der Waals surface area (Å²) in [7, 11) is 0. The van der Waals surface area contributed by atoms with Crippen LogP contribution in [0.2, 0.25) is 0 Å². The van der Waals surface area contributed by atoms with Crippen LogP contribution in [0.15, 0.2) is 11.6 Å². The van der Waals surface area contributed by atoms with Crippen LogP contribution in [0, 0.1) is 0 Å². The maximum absolute atomic E-state index is 13.3. The lowest BCUT2D eigenvalue weighted by Gasteiger charge is -2.37. The molecule has 0 radical (unpaired) electrons. The van der Waals surface area contributed by atoms with Crippen LogP contribution in [0.25, 0.3) is 0 Å². The molecule has 0 bridgehead atoms. The second-order valence-corrected chi connectivity index (χ2v) is 4.72. The molecule has 136 valence electrons. The van der Waals surface area contributed by atoms with Gasteiger partial charge in [0.2, 0.25) is 0 Å². The molecule has 13 heteroatoms. The van der Waals surface area contributed by atoms with E-state index < -0.39 is 60.3 Å². The molecule has 0 fully saturated rings. The first kappa shape index (κ1) is 19.9. The predicted molar refractivity (Wildman–Crippen MR) is 48.1 cm³/mol. The molecule has 0 aromatic heterocycles. The first-order valence-corrected chi connectivity index (χ1v) is 5.49. The van der Waals surface area contributed by atoms with Gasteiger partial charge in [-0.05, 0) is 12.5 Å². The quantitative estimate of drug-likeness (QED) is 0.457. The first-order valence-electron chi connectivity index (χ1n) is 5.49. The Kier molecular flexibility index (Phi) is 4.25. The van der Waals surface area contributed by atoms with Gasteiger partial charge in [0.15, 0.2) is 0 Å². The highest BCUT2D eigenvalue weighted by Gasteiger charge is 2.82. The highest BCUT2D eigenvalue weighted by molar-refractivity contribution is 5.27. The molecule has 1 rings (SSSR count). The fourth-order valence-electron chi connectivity index (χ4n) is 1.68. The monoisotopic (exact) mass is 372 g/mol. The Morgan fingerprint density at radius 2 is 1.17 bits per heavy atom. The van der Waals surface area contributed by atoms with E-state index >= 15 is 0 Å². The second kappa shape index (κ2) is 4.91. The van der Waals surface area contributed by atoms with Gasteiger partial charge in [-0.3, -0.25) is 0 Å². The lowest BCUT2D eigenvalue weighted by molar-refractivity contribution is -0.390. The maximum atomic E-state index is 13.3. The van der Waals surface area contributed by atoms with Crippen molar-refractivity contribution in [1.82, 2.24) is 0 Å². The van der Waals surface area contributed by atoms with E-state index in [1.807, 2.05) is 0 Å². The average Bonchev–Trinajstić information content (AvgIpc) is 2.30. The van der Waals surface area contributed by atoms with Crippen molar-refractivity contribution in [3.8, 4) is 0 Å². The minimum Gasteiger partial charge on any atom is -0.200 e. The molecule has 0 unspecified atom stereocenters. The van der Waals surface area contributed by atoms with E-state index in [1.165, 1.54) is 0 Å². The normalized spacial score (nSPS) is 22.7. The lowest BCUT2D eigenvalue weighted by Crippen LogP contribution is -2.62. The summed E-state index contributed by atoms with van der Waals surface area (Å²) in [5.41, 5.74) is -2.62. The van der Waals surface area contributed by atoms with Gasteiger partial charge >= 0.3 is 35.8 Å². The molecule has 0 aromatic rings. The van der Waals surface area contributed by atoms with Gasteiger partial charge < -0.3 is 0 Å². The zero-order valence-electron chi connectivity index (χ0n) is 10.4. The van der Waals surface area contributed by atoms with Crippen LogP contribution in [0.3, 0.4) is 0 Å². The van der Waals surface area contributed by atoms with Crippen LogP contribution in [0.4, 0.5) is 57.1 Å². The molecule has 0 atom stereocenters. The van der Waals surface area contributed by atoms with Crippen molar-refractivity contribution in [2.24, 2.45) is 0 Å². The fraction of sp³-hybridized carbons (Fsp3) is 0.800. The Morgan fingerprint density at radius 1 is 0.739 bits per heavy atom. The molecule has 0 saturated heterocycles. The fourth-order valence-corrected chi connectivity index (χ4v) is 1.68. The number of alkyl halides is 13. The highest BCUT2D eigenvalue weighted by atomic mass is 19.4. The minimum atomic E-state index is -7.28. The number of allylic oxidation sites excluding steroid dienone is 2. The van der Waals surface area contributed by atoms with E-state index in [2.05, 4.69) is 0 Å². The average molecular weight is 372 g/mol. The molecule has 0 saturated carbocycles. The van der Waals surface area contributed by atoms with Gasteiger partial charge in [0, 0.05) is 12.0 Å². The highest BCUT2D eigenvalue weighted by Crippen LogP contribution is 2.57. The largest absolute Gasteiger partial charge is 0.460 e. The van der Waals surface area contributed by atoms with Gasteiger partial charge in [0.1, 0.15) is 0 Å². The number of rotatable bonds is 3. The molecule has 1 aliphatic rings. The molecular weight excluding hydrogens is 367 g/mol. The van der Waals surface area contributed by atoms with E-state index in [1.54, 1.807) is 0 Å². The van der Waals surface area contributed by atoms with Gasteiger partial charge in [-0.15, -0.1) is 0 Å². The third-order valence-corrected chi connectivity index (χ3v) is 3.10. The van der Waals surface area contributed by atoms with Crippen molar-refractivity contribution in [1.29, 1.82) is 0 Å². The Labute approximate surface area is 118 Å². The van der Waals surface area contributed by atoms with Gasteiger partial charge in [-0.25, -0.2) is 0 Å². The Morgan fingerprint density at radius 3 is 1.52 bits per heavy atom. The standard InChI is InChI=1S/C10H5F13/c11-5(12)2-1-4(3-6(5,13)14)7(15,16)8(17,18)9(19,20)10(21,22)23/h3H,1-2H2. The van der Waals surface area contributed by atoms with Gasteiger partial charge in [0.25, 0.3) is 0 Å². The van der Waals surface area contributed by atoms with Gasteiger partial charge in [0.05, 0.1) is 0 Å². The van der Waals surface area contributed by atoms with Crippen molar-refractivity contribution < 1.29 is 57.1 Å². The van der Waals surface area contributed by atoms with E-state index in [0.29, 0.717) is 0 Å². The Hall–Kier alpha value is -1.17. The molecule has 0 aromatic carbocycles. The summed E-state index contributed by atoms with van der Waals surface area (Å²) in [6, 6.07) is 0. The van der Waals surface area contributed by atoms with Crippen LogP contribution in [-0.2, 0) is 0 Å². The van der Waals surface area contributed by atoms with Crippen LogP contribution >= 0.6 is 0 Å². The molecule has 0 nitrogen and oxygen atoms in total. The summed E-state index contributed by atoms with van der Waals surface area (Å²) >= 11 is 0. The third-order valence-electron chi connectivity index (χ3n) is 3.10. The molecule has 23 heavy (non-hydrogen) atoms. The molecule has 0 heterocycles. The van der Waals surface area contributed by atoms with Crippen molar-refractivity contribution in [2.75, 3.05) is 0 Å². The SMILES string of the molecule is FC(F)(F)C(F)(F)C(F)(F)C(F)(F)C1=CC(F)(F)C(F)(F)CC1. The molecule has 1 aliphatic carbocycles. The molecular formula is C10H5F13. The number of hydrogen-bond acceptors (Lipinski definition) is 0. The summed E-state index contributed by atoms with van der Waals surface area (Å²) in [4.78, 5) is 0.